The van der Waals surface area contributed by atoms with Crippen LogP contribution in [0.2, 0.25) is 0 Å². The van der Waals surface area contributed by atoms with E-state index >= 15 is 0 Å². The van der Waals surface area contributed by atoms with Crippen molar-refractivity contribution in [2.75, 3.05) is 36.6 Å². The van der Waals surface area contributed by atoms with Gasteiger partial charge in [-0.05, 0) is 13.3 Å². The van der Waals surface area contributed by atoms with Crippen molar-refractivity contribution in [1.82, 2.24) is 0 Å². The molecular formula is C12H18N2O5S2. The maximum absolute atomic E-state index is 12.0. The summed E-state index contributed by atoms with van der Waals surface area (Å²) in [5, 5.41) is 10.0. The SMILES string of the molecule is CCOC(=O)c1sc(N2CCC(O)C2)c(S(C)(=O)=O)c1N. The molecule has 2 heterocycles. The molecule has 3 N–H and O–H groups in total. The van der Waals surface area contributed by atoms with Crippen LogP contribution >= 0.6 is 11.3 Å². The van der Waals surface area contributed by atoms with Crippen molar-refractivity contribution in [3.63, 3.8) is 0 Å². The Kier molecular flexibility index (Phi) is 4.45. The van der Waals surface area contributed by atoms with Gasteiger partial charge in [-0.25, -0.2) is 13.2 Å². The van der Waals surface area contributed by atoms with E-state index < -0.39 is 21.9 Å². The van der Waals surface area contributed by atoms with Gasteiger partial charge in [0.05, 0.1) is 18.4 Å². The highest BCUT2D eigenvalue weighted by molar-refractivity contribution is 7.91. The Balaban J connectivity index is 2.53. The summed E-state index contributed by atoms with van der Waals surface area (Å²) in [5.74, 6) is -0.629. The predicted molar refractivity (Wildman–Crippen MR) is 80.6 cm³/mol. The number of nitrogens with two attached hydrogens (primary N) is 1. The standard InChI is InChI=1S/C12H18N2O5S2/c1-3-19-12(16)9-8(13)10(21(2,17)18)11(20-9)14-5-4-7(15)6-14/h7,15H,3-6,13H2,1-2H3. The number of nitrogen functional groups attached to an aromatic ring is 1. The first-order valence-corrected chi connectivity index (χ1v) is 9.19. The molecule has 0 spiro atoms. The van der Waals surface area contributed by atoms with Crippen LogP contribution < -0.4 is 10.6 Å². The number of esters is 1. The number of hydrogen-bond acceptors (Lipinski definition) is 8. The number of nitrogens with zero attached hydrogens (tertiary/aromatic N) is 1. The minimum atomic E-state index is -3.59. The summed E-state index contributed by atoms with van der Waals surface area (Å²) >= 11 is 0.996. The van der Waals surface area contributed by atoms with Gasteiger partial charge in [-0.3, -0.25) is 0 Å². The highest BCUT2D eigenvalue weighted by Gasteiger charge is 2.33. The van der Waals surface area contributed by atoms with Crippen LogP contribution in [0.4, 0.5) is 10.7 Å². The Hall–Kier alpha value is -1.32. The number of rotatable bonds is 4. The van der Waals surface area contributed by atoms with E-state index in [1.54, 1.807) is 11.8 Å². The van der Waals surface area contributed by atoms with Crippen LogP contribution in [0, 0.1) is 0 Å². The van der Waals surface area contributed by atoms with E-state index in [2.05, 4.69) is 0 Å². The third-order valence-electron chi connectivity index (χ3n) is 3.16. The normalized spacial score (nSPS) is 19.0. The number of aliphatic hydroxyl groups is 1. The molecular weight excluding hydrogens is 316 g/mol. The van der Waals surface area contributed by atoms with Crippen LogP contribution in [0.15, 0.2) is 4.90 Å². The molecule has 1 fully saturated rings. The van der Waals surface area contributed by atoms with Crippen LogP contribution in [0.5, 0.6) is 0 Å². The largest absolute Gasteiger partial charge is 0.462 e. The lowest BCUT2D eigenvalue weighted by Crippen LogP contribution is -2.22. The van der Waals surface area contributed by atoms with Gasteiger partial charge in [-0.2, -0.15) is 0 Å². The third kappa shape index (κ3) is 3.14. The van der Waals surface area contributed by atoms with Gasteiger partial charge >= 0.3 is 5.97 Å². The van der Waals surface area contributed by atoms with Crippen LogP contribution in [-0.4, -0.2) is 51.5 Å². The molecule has 7 nitrogen and oxygen atoms in total. The Labute approximate surface area is 127 Å². The number of aliphatic hydroxyl groups excluding tert-OH is 1. The molecule has 1 aromatic rings. The fourth-order valence-corrected chi connectivity index (χ4v) is 4.89. The highest BCUT2D eigenvalue weighted by Crippen LogP contribution is 2.42. The number of anilines is 2. The minimum absolute atomic E-state index is 0.0512. The summed E-state index contributed by atoms with van der Waals surface area (Å²) in [5.41, 5.74) is 5.79. The first-order chi connectivity index (χ1) is 9.75. The fourth-order valence-electron chi connectivity index (χ4n) is 2.26. The lowest BCUT2D eigenvalue weighted by atomic mass is 10.3. The minimum Gasteiger partial charge on any atom is -0.462 e. The number of ether oxygens (including phenoxy) is 1. The third-order valence-corrected chi connectivity index (χ3v) is 5.69. The summed E-state index contributed by atoms with van der Waals surface area (Å²) < 4.78 is 28.9. The van der Waals surface area contributed by atoms with Crippen LogP contribution in [0.1, 0.15) is 23.0 Å². The zero-order chi connectivity index (χ0) is 15.8. The lowest BCUT2D eigenvalue weighted by molar-refractivity contribution is 0.0533. The molecule has 0 radical (unpaired) electrons. The number of carbonyl (C=O) groups is 1. The molecule has 0 aliphatic carbocycles. The molecule has 1 unspecified atom stereocenters. The molecule has 1 atom stereocenters. The number of sulfone groups is 1. The van der Waals surface area contributed by atoms with E-state index in [1.807, 2.05) is 0 Å². The van der Waals surface area contributed by atoms with Crippen molar-refractivity contribution in [3.05, 3.63) is 4.88 Å². The molecule has 1 aliphatic heterocycles. The topological polar surface area (TPSA) is 110 Å². The summed E-state index contributed by atoms with van der Waals surface area (Å²) in [4.78, 5) is 13.7. The Morgan fingerprint density at radius 3 is 2.71 bits per heavy atom. The highest BCUT2D eigenvalue weighted by atomic mass is 32.2. The van der Waals surface area contributed by atoms with Crippen molar-refractivity contribution >= 4 is 37.8 Å². The van der Waals surface area contributed by atoms with Gasteiger partial charge < -0.3 is 20.5 Å². The number of hydrogen-bond donors (Lipinski definition) is 2. The molecule has 2 rings (SSSR count). The first-order valence-electron chi connectivity index (χ1n) is 6.48. The predicted octanol–water partition coefficient (Wildman–Crippen LogP) is 0.482. The van der Waals surface area contributed by atoms with Crippen molar-refractivity contribution in [1.29, 1.82) is 0 Å². The van der Waals surface area contributed by atoms with E-state index in [1.165, 1.54) is 0 Å². The molecule has 1 aromatic heterocycles. The Bertz CT molecular complexity index is 653. The molecule has 1 aliphatic rings. The van der Waals surface area contributed by atoms with Crippen molar-refractivity contribution < 1.29 is 23.1 Å². The van der Waals surface area contributed by atoms with E-state index in [0.717, 1.165) is 17.6 Å². The van der Waals surface area contributed by atoms with E-state index in [0.29, 0.717) is 24.5 Å². The van der Waals surface area contributed by atoms with Gasteiger partial charge in [0, 0.05) is 19.3 Å². The zero-order valence-electron chi connectivity index (χ0n) is 11.8. The second-order valence-electron chi connectivity index (χ2n) is 4.86. The molecule has 118 valence electrons. The lowest BCUT2D eigenvalue weighted by Gasteiger charge is -2.17. The molecule has 0 bridgehead atoms. The summed E-state index contributed by atoms with van der Waals surface area (Å²) in [6.45, 7) is 2.69. The fraction of sp³-hybridized carbons (Fsp3) is 0.583. The van der Waals surface area contributed by atoms with E-state index in [-0.39, 0.29) is 22.1 Å². The molecule has 0 saturated carbocycles. The first kappa shape index (κ1) is 16.1. The van der Waals surface area contributed by atoms with Gasteiger partial charge in [0.15, 0.2) is 9.84 Å². The summed E-state index contributed by atoms with van der Waals surface area (Å²) in [6, 6.07) is 0. The Morgan fingerprint density at radius 2 is 2.24 bits per heavy atom. The van der Waals surface area contributed by atoms with Crippen molar-refractivity contribution in [2.45, 2.75) is 24.3 Å². The quantitative estimate of drug-likeness (QED) is 0.771. The van der Waals surface area contributed by atoms with Gasteiger partial charge in [-0.1, -0.05) is 0 Å². The average molecular weight is 334 g/mol. The molecule has 0 aromatic carbocycles. The summed E-state index contributed by atoms with van der Waals surface area (Å²) in [7, 11) is -3.59. The van der Waals surface area contributed by atoms with E-state index in [4.69, 9.17) is 10.5 Å². The molecule has 9 heteroatoms. The van der Waals surface area contributed by atoms with Crippen LogP contribution in [-0.2, 0) is 14.6 Å². The smallest absolute Gasteiger partial charge is 0.350 e. The second-order valence-corrected chi connectivity index (χ2v) is 7.81. The van der Waals surface area contributed by atoms with Crippen molar-refractivity contribution in [2.24, 2.45) is 0 Å². The van der Waals surface area contributed by atoms with Crippen molar-refractivity contribution in [3.8, 4) is 0 Å². The average Bonchev–Trinajstić information content (AvgIpc) is 2.92. The second kappa shape index (κ2) is 5.82. The maximum atomic E-state index is 12.0. The number of thiophene rings is 1. The monoisotopic (exact) mass is 334 g/mol. The van der Waals surface area contributed by atoms with E-state index in [9.17, 15) is 18.3 Å². The van der Waals surface area contributed by atoms with Gasteiger partial charge in [0.1, 0.15) is 14.8 Å². The maximum Gasteiger partial charge on any atom is 0.350 e. The molecule has 0 amide bonds. The number of carbonyl (C=O) groups excluding carboxylic acids is 1. The Morgan fingerprint density at radius 1 is 1.57 bits per heavy atom. The van der Waals surface area contributed by atoms with Crippen LogP contribution in [0.3, 0.4) is 0 Å². The molecule has 1 saturated heterocycles. The van der Waals surface area contributed by atoms with Gasteiger partial charge in [0.25, 0.3) is 0 Å². The number of β-amino-alcohol motifs (C(OH)–C–C–N with tert-alkyl or cyclic N) is 1. The van der Waals surface area contributed by atoms with Crippen LogP contribution in [0.25, 0.3) is 0 Å². The van der Waals surface area contributed by atoms with Gasteiger partial charge in [0.2, 0.25) is 0 Å². The molecule has 21 heavy (non-hydrogen) atoms. The summed E-state index contributed by atoms with van der Waals surface area (Å²) in [6.07, 6.45) is 1.10. The van der Waals surface area contributed by atoms with Gasteiger partial charge in [-0.15, -0.1) is 11.3 Å². The zero-order valence-corrected chi connectivity index (χ0v) is 13.5.